The van der Waals surface area contributed by atoms with Gasteiger partial charge in [-0.3, -0.25) is 14.5 Å². The summed E-state index contributed by atoms with van der Waals surface area (Å²) in [7, 11) is 1.52. The smallest absolute Gasteiger partial charge is 0.301 e. The minimum Gasteiger partial charge on any atom is -0.507 e. The standard InChI is InChI=1S/C31H28N2O7S/c1-5-38-20-8-6-18(14-22(20)37-4)27-25(28(34)19-7-9-21-23(15-19)40-11-10-39-21)29(35)30(36)33(27)31-32-26-17(3)12-16(2)13-24(26)41-31/h6-9,12-15,27,34H,5,10-11H2,1-4H3/b28-25+/t27-/m1/s1. The van der Waals surface area contributed by atoms with E-state index in [1.165, 1.54) is 23.3 Å². The van der Waals surface area contributed by atoms with Crippen LogP contribution in [0.1, 0.15) is 35.2 Å². The lowest BCUT2D eigenvalue weighted by molar-refractivity contribution is -0.132. The fraction of sp³-hybridized carbons (Fsp3) is 0.258. The summed E-state index contributed by atoms with van der Waals surface area (Å²) in [4.78, 5) is 33.6. The van der Waals surface area contributed by atoms with Gasteiger partial charge in [0.1, 0.15) is 19.0 Å². The number of aliphatic hydroxyl groups is 1. The molecule has 1 atom stereocenters. The minimum atomic E-state index is -0.977. The molecule has 6 rings (SSSR count). The largest absolute Gasteiger partial charge is 0.507 e. The predicted molar refractivity (Wildman–Crippen MR) is 155 cm³/mol. The summed E-state index contributed by atoms with van der Waals surface area (Å²) < 4.78 is 23.5. The average Bonchev–Trinajstić information content (AvgIpc) is 3.51. The number of hydrogen-bond acceptors (Lipinski definition) is 9. The Kier molecular flexibility index (Phi) is 6.78. The number of ether oxygens (including phenoxy) is 4. The number of Topliss-reactive ketones (excluding diaryl/α,β-unsaturated/α-hetero) is 1. The summed E-state index contributed by atoms with van der Waals surface area (Å²) in [6.45, 7) is 7.05. The van der Waals surface area contributed by atoms with Crippen LogP contribution in [0.15, 0.2) is 54.1 Å². The van der Waals surface area contributed by atoms with Gasteiger partial charge in [-0.1, -0.05) is 23.5 Å². The maximum atomic E-state index is 13.7. The first-order valence-corrected chi connectivity index (χ1v) is 14.0. The molecule has 2 aliphatic rings. The van der Waals surface area contributed by atoms with Gasteiger partial charge in [0.15, 0.2) is 28.1 Å². The first-order valence-electron chi connectivity index (χ1n) is 13.2. The molecule has 0 aliphatic carbocycles. The molecule has 3 heterocycles. The Labute approximate surface area is 240 Å². The lowest BCUT2D eigenvalue weighted by Gasteiger charge is -2.24. The van der Waals surface area contributed by atoms with Crippen molar-refractivity contribution in [1.29, 1.82) is 0 Å². The van der Waals surface area contributed by atoms with Crippen molar-refractivity contribution in [2.75, 3.05) is 31.8 Å². The molecule has 41 heavy (non-hydrogen) atoms. The average molecular weight is 573 g/mol. The molecule has 0 unspecified atom stereocenters. The number of carbonyl (C=O) groups is 2. The third kappa shape index (κ3) is 4.54. The molecule has 1 saturated heterocycles. The number of rotatable bonds is 6. The van der Waals surface area contributed by atoms with Crippen LogP contribution >= 0.6 is 11.3 Å². The highest BCUT2D eigenvalue weighted by Crippen LogP contribution is 2.46. The van der Waals surface area contributed by atoms with Crippen molar-refractivity contribution < 1.29 is 33.6 Å². The number of thiazole rings is 1. The Morgan fingerprint density at radius 1 is 1.05 bits per heavy atom. The summed E-state index contributed by atoms with van der Waals surface area (Å²) in [5, 5.41) is 12.0. The number of anilines is 1. The lowest BCUT2D eigenvalue weighted by atomic mass is 9.95. The van der Waals surface area contributed by atoms with Crippen molar-refractivity contribution in [1.82, 2.24) is 4.98 Å². The van der Waals surface area contributed by atoms with Crippen LogP contribution in [-0.4, -0.2) is 48.7 Å². The number of nitrogens with zero attached hydrogens (tertiary/aromatic N) is 2. The molecule has 0 saturated carbocycles. The number of ketones is 1. The molecule has 1 amide bonds. The van der Waals surface area contributed by atoms with E-state index in [2.05, 4.69) is 0 Å². The van der Waals surface area contributed by atoms with Gasteiger partial charge in [0.25, 0.3) is 5.78 Å². The van der Waals surface area contributed by atoms with E-state index in [0.717, 1.165) is 21.3 Å². The van der Waals surface area contributed by atoms with Crippen LogP contribution in [0.5, 0.6) is 23.0 Å². The van der Waals surface area contributed by atoms with Crippen LogP contribution in [0, 0.1) is 13.8 Å². The Hall–Kier alpha value is -4.57. The normalized spacial score (nSPS) is 17.8. The van der Waals surface area contributed by atoms with Crippen molar-refractivity contribution >= 4 is 44.1 Å². The number of benzene rings is 3. The number of aromatic nitrogens is 1. The summed E-state index contributed by atoms with van der Waals surface area (Å²) in [5.41, 5.74) is 3.60. The summed E-state index contributed by atoms with van der Waals surface area (Å²) in [6, 6.07) is 13.2. The van der Waals surface area contributed by atoms with E-state index < -0.39 is 17.7 Å². The van der Waals surface area contributed by atoms with Crippen molar-refractivity contribution in [3.63, 3.8) is 0 Å². The molecular weight excluding hydrogens is 544 g/mol. The molecule has 9 nitrogen and oxygen atoms in total. The lowest BCUT2D eigenvalue weighted by Crippen LogP contribution is -2.29. The van der Waals surface area contributed by atoms with Crippen molar-refractivity contribution in [3.05, 3.63) is 76.4 Å². The second-order valence-corrected chi connectivity index (χ2v) is 10.8. The van der Waals surface area contributed by atoms with Gasteiger partial charge in [0, 0.05) is 5.56 Å². The Morgan fingerprint density at radius 2 is 1.83 bits per heavy atom. The zero-order valence-electron chi connectivity index (χ0n) is 23.0. The molecule has 0 spiro atoms. The van der Waals surface area contributed by atoms with Gasteiger partial charge in [-0.2, -0.15) is 0 Å². The maximum Gasteiger partial charge on any atom is 0.301 e. The van der Waals surface area contributed by atoms with Crippen LogP contribution in [-0.2, 0) is 9.59 Å². The summed E-state index contributed by atoms with van der Waals surface area (Å²) >= 11 is 1.32. The van der Waals surface area contributed by atoms with Gasteiger partial charge < -0.3 is 24.1 Å². The zero-order valence-corrected chi connectivity index (χ0v) is 23.8. The van der Waals surface area contributed by atoms with E-state index in [1.807, 2.05) is 32.9 Å². The van der Waals surface area contributed by atoms with Crippen LogP contribution in [0.4, 0.5) is 5.13 Å². The molecule has 0 bridgehead atoms. The molecule has 0 radical (unpaired) electrons. The highest BCUT2D eigenvalue weighted by Gasteiger charge is 2.48. The van der Waals surface area contributed by atoms with Gasteiger partial charge >= 0.3 is 5.91 Å². The first-order chi connectivity index (χ1) is 19.8. The van der Waals surface area contributed by atoms with E-state index in [1.54, 1.807) is 36.4 Å². The van der Waals surface area contributed by atoms with Gasteiger partial charge in [0.2, 0.25) is 0 Å². The highest BCUT2D eigenvalue weighted by molar-refractivity contribution is 7.22. The first kappa shape index (κ1) is 26.6. The minimum absolute atomic E-state index is 0.0648. The van der Waals surface area contributed by atoms with Crippen LogP contribution in [0.2, 0.25) is 0 Å². The highest BCUT2D eigenvalue weighted by atomic mass is 32.1. The molecule has 3 aromatic carbocycles. The number of amides is 1. The van der Waals surface area contributed by atoms with Crippen molar-refractivity contribution in [2.24, 2.45) is 0 Å². The monoisotopic (exact) mass is 572 g/mol. The molecular formula is C31H28N2O7S. The van der Waals surface area contributed by atoms with E-state index >= 15 is 0 Å². The Balaban J connectivity index is 1.56. The van der Waals surface area contributed by atoms with E-state index in [4.69, 9.17) is 23.9 Å². The molecule has 1 aromatic heterocycles. The predicted octanol–water partition coefficient (Wildman–Crippen LogP) is 5.72. The topological polar surface area (TPSA) is 107 Å². The number of methoxy groups -OCH3 is 1. The van der Waals surface area contributed by atoms with Crippen LogP contribution < -0.4 is 23.8 Å². The van der Waals surface area contributed by atoms with Gasteiger partial charge in [0.05, 0.1) is 35.5 Å². The van der Waals surface area contributed by atoms with Crippen molar-refractivity contribution in [2.45, 2.75) is 26.8 Å². The fourth-order valence-corrected chi connectivity index (χ4v) is 6.45. The quantitative estimate of drug-likeness (QED) is 0.178. The summed E-state index contributed by atoms with van der Waals surface area (Å²) in [5.74, 6) is 0.0253. The van der Waals surface area contributed by atoms with Gasteiger partial charge in [-0.15, -0.1) is 0 Å². The molecule has 210 valence electrons. The van der Waals surface area contributed by atoms with Crippen LogP contribution in [0.3, 0.4) is 0 Å². The third-order valence-electron chi connectivity index (χ3n) is 7.09. The summed E-state index contributed by atoms with van der Waals surface area (Å²) in [6.07, 6.45) is 0. The van der Waals surface area contributed by atoms with Gasteiger partial charge in [-0.25, -0.2) is 4.98 Å². The zero-order chi connectivity index (χ0) is 28.8. The number of carbonyl (C=O) groups excluding carboxylic acids is 2. The second kappa shape index (κ2) is 10.4. The third-order valence-corrected chi connectivity index (χ3v) is 8.09. The molecule has 2 aliphatic heterocycles. The molecule has 4 aromatic rings. The number of fused-ring (bicyclic) bond motifs is 2. The molecule has 1 N–H and O–H groups in total. The van der Waals surface area contributed by atoms with Gasteiger partial charge in [-0.05, 0) is 73.9 Å². The Bertz CT molecular complexity index is 1740. The maximum absolute atomic E-state index is 13.7. The number of aliphatic hydroxyl groups excluding tert-OH is 1. The van der Waals surface area contributed by atoms with E-state index in [9.17, 15) is 14.7 Å². The SMILES string of the molecule is CCOc1ccc([C@@H]2/C(=C(\O)c3ccc4c(c3)OCCO4)C(=O)C(=O)N2c2nc3c(C)cc(C)cc3s2)cc1OC. The van der Waals surface area contributed by atoms with E-state index in [0.29, 0.717) is 59.1 Å². The number of hydrogen-bond donors (Lipinski definition) is 1. The number of aryl methyl sites for hydroxylation is 2. The van der Waals surface area contributed by atoms with Crippen molar-refractivity contribution in [3.8, 4) is 23.0 Å². The van der Waals surface area contributed by atoms with E-state index in [-0.39, 0.29) is 11.3 Å². The van der Waals surface area contributed by atoms with Crippen LogP contribution in [0.25, 0.3) is 16.0 Å². The molecule has 1 fully saturated rings. The molecule has 10 heteroatoms. The second-order valence-electron chi connectivity index (χ2n) is 9.80. The fourth-order valence-electron chi connectivity index (χ4n) is 5.28. The Morgan fingerprint density at radius 3 is 2.59 bits per heavy atom.